The smallest absolute Gasteiger partial charge is 0.259 e. The molecule has 7 heteroatoms. The highest BCUT2D eigenvalue weighted by atomic mass is 19.1. The van der Waals surface area contributed by atoms with Crippen molar-refractivity contribution in [3.8, 4) is 11.5 Å². The molecule has 1 aliphatic heterocycles. The quantitative estimate of drug-likeness (QED) is 0.858. The number of halogens is 1. The summed E-state index contributed by atoms with van der Waals surface area (Å²) >= 11 is 0. The molecule has 0 radical (unpaired) electrons. The van der Waals surface area contributed by atoms with Crippen molar-refractivity contribution < 1.29 is 23.5 Å². The summed E-state index contributed by atoms with van der Waals surface area (Å²) < 4.78 is 24.4. The van der Waals surface area contributed by atoms with Crippen LogP contribution < -0.4 is 14.8 Å². The number of methoxy groups -OCH3 is 2. The van der Waals surface area contributed by atoms with Crippen LogP contribution in [0.15, 0.2) is 42.5 Å². The van der Waals surface area contributed by atoms with Crippen LogP contribution in [0.3, 0.4) is 0 Å². The maximum atomic E-state index is 13.8. The van der Waals surface area contributed by atoms with E-state index in [2.05, 4.69) is 5.32 Å². The number of carbonyl (C=O) groups is 2. The first-order chi connectivity index (χ1) is 13.5. The van der Waals surface area contributed by atoms with Crippen molar-refractivity contribution in [2.24, 2.45) is 0 Å². The lowest BCUT2D eigenvalue weighted by Crippen LogP contribution is -2.46. The summed E-state index contributed by atoms with van der Waals surface area (Å²) in [5.41, 5.74) is 0.418. The lowest BCUT2D eigenvalue weighted by molar-refractivity contribution is 0.0693. The van der Waals surface area contributed by atoms with Gasteiger partial charge in [-0.3, -0.25) is 9.59 Å². The Morgan fingerprint density at radius 1 is 1.00 bits per heavy atom. The average molecular weight is 386 g/mol. The van der Waals surface area contributed by atoms with Gasteiger partial charge >= 0.3 is 0 Å². The van der Waals surface area contributed by atoms with Crippen LogP contribution in [0.5, 0.6) is 11.5 Å². The molecule has 0 unspecified atom stereocenters. The lowest BCUT2D eigenvalue weighted by atomic mass is 10.0. The minimum absolute atomic E-state index is 0.0729. The van der Waals surface area contributed by atoms with E-state index in [4.69, 9.17) is 9.47 Å². The molecule has 2 amide bonds. The van der Waals surface area contributed by atoms with Crippen LogP contribution >= 0.6 is 0 Å². The van der Waals surface area contributed by atoms with Gasteiger partial charge in [-0.1, -0.05) is 18.2 Å². The van der Waals surface area contributed by atoms with Crippen LogP contribution in [0.1, 0.15) is 33.6 Å². The Morgan fingerprint density at radius 3 is 2.18 bits per heavy atom. The van der Waals surface area contributed by atoms with Gasteiger partial charge < -0.3 is 19.7 Å². The second kappa shape index (κ2) is 8.73. The van der Waals surface area contributed by atoms with Crippen molar-refractivity contribution in [2.45, 2.75) is 18.9 Å². The molecule has 1 heterocycles. The molecule has 28 heavy (non-hydrogen) atoms. The fraction of sp³-hybridized carbons (Fsp3) is 0.333. The highest BCUT2D eigenvalue weighted by molar-refractivity contribution is 6.00. The Labute approximate surface area is 163 Å². The zero-order valence-electron chi connectivity index (χ0n) is 15.9. The van der Waals surface area contributed by atoms with Crippen molar-refractivity contribution >= 4 is 11.8 Å². The molecular weight excluding hydrogens is 363 g/mol. The first kappa shape index (κ1) is 19.7. The van der Waals surface area contributed by atoms with E-state index in [1.54, 1.807) is 35.2 Å². The summed E-state index contributed by atoms with van der Waals surface area (Å²) in [5, 5.41) is 2.98. The van der Waals surface area contributed by atoms with Gasteiger partial charge in [-0.25, -0.2) is 4.39 Å². The summed E-state index contributed by atoms with van der Waals surface area (Å²) in [4.78, 5) is 26.9. The topological polar surface area (TPSA) is 67.9 Å². The monoisotopic (exact) mass is 386 g/mol. The number of nitrogens with one attached hydrogen (secondary N) is 1. The van der Waals surface area contributed by atoms with E-state index in [1.165, 1.54) is 26.4 Å². The molecule has 148 valence electrons. The molecule has 0 atom stereocenters. The van der Waals surface area contributed by atoms with Gasteiger partial charge in [0.1, 0.15) is 22.9 Å². The molecule has 1 aliphatic rings. The zero-order chi connectivity index (χ0) is 20.1. The van der Waals surface area contributed by atoms with Crippen molar-refractivity contribution in [1.82, 2.24) is 10.2 Å². The van der Waals surface area contributed by atoms with Crippen LogP contribution in [0.25, 0.3) is 0 Å². The molecule has 1 fully saturated rings. The van der Waals surface area contributed by atoms with E-state index in [-0.39, 0.29) is 23.4 Å². The highest BCUT2D eigenvalue weighted by Gasteiger charge is 2.27. The number of nitrogens with zero attached hydrogens (tertiary/aromatic N) is 1. The summed E-state index contributed by atoms with van der Waals surface area (Å²) in [6.07, 6.45) is 1.17. The van der Waals surface area contributed by atoms with E-state index in [1.807, 2.05) is 0 Å². The number of piperidine rings is 1. The minimum Gasteiger partial charge on any atom is -0.496 e. The number of ether oxygens (including phenoxy) is 2. The largest absolute Gasteiger partial charge is 0.496 e. The third-order valence-corrected chi connectivity index (χ3v) is 4.88. The van der Waals surface area contributed by atoms with Gasteiger partial charge in [-0.2, -0.15) is 0 Å². The number of rotatable bonds is 5. The maximum Gasteiger partial charge on any atom is 0.259 e. The van der Waals surface area contributed by atoms with Crippen LogP contribution in [-0.4, -0.2) is 50.1 Å². The molecule has 0 spiro atoms. The van der Waals surface area contributed by atoms with Gasteiger partial charge in [-0.05, 0) is 37.1 Å². The Bertz CT molecular complexity index is 841. The summed E-state index contributed by atoms with van der Waals surface area (Å²) in [6.45, 7) is 0.891. The molecule has 2 aromatic carbocycles. The van der Waals surface area contributed by atoms with Crippen molar-refractivity contribution in [3.63, 3.8) is 0 Å². The normalized spacial score (nSPS) is 14.5. The van der Waals surface area contributed by atoms with Crippen molar-refractivity contribution in [2.75, 3.05) is 27.3 Å². The van der Waals surface area contributed by atoms with Gasteiger partial charge in [0.25, 0.3) is 11.8 Å². The third-order valence-electron chi connectivity index (χ3n) is 4.88. The Kier molecular flexibility index (Phi) is 6.13. The van der Waals surface area contributed by atoms with Gasteiger partial charge in [0, 0.05) is 19.1 Å². The second-order valence-corrected chi connectivity index (χ2v) is 6.56. The summed E-state index contributed by atoms with van der Waals surface area (Å²) in [5.74, 6) is -0.262. The summed E-state index contributed by atoms with van der Waals surface area (Å²) in [7, 11) is 3.00. The second-order valence-electron chi connectivity index (χ2n) is 6.56. The maximum absolute atomic E-state index is 13.8. The Morgan fingerprint density at radius 2 is 1.61 bits per heavy atom. The fourth-order valence-corrected chi connectivity index (χ4v) is 3.36. The fourth-order valence-electron chi connectivity index (χ4n) is 3.36. The van der Waals surface area contributed by atoms with Gasteiger partial charge in [-0.15, -0.1) is 0 Å². The van der Waals surface area contributed by atoms with Crippen LogP contribution in [0.2, 0.25) is 0 Å². The highest BCUT2D eigenvalue weighted by Crippen LogP contribution is 2.28. The van der Waals surface area contributed by atoms with E-state index in [9.17, 15) is 14.0 Å². The molecule has 0 bridgehead atoms. The SMILES string of the molecule is COc1cccc(OC)c1C(=O)NC1CCN(C(=O)c2ccccc2F)CC1. The molecule has 0 aliphatic carbocycles. The molecule has 2 aromatic rings. The number of hydrogen-bond donors (Lipinski definition) is 1. The standard InChI is InChI=1S/C21H23FN2O4/c1-27-17-8-5-9-18(28-2)19(17)20(25)23-14-10-12-24(13-11-14)21(26)15-6-3-4-7-16(15)22/h3-9,14H,10-13H2,1-2H3,(H,23,25). The summed E-state index contributed by atoms with van der Waals surface area (Å²) in [6, 6.07) is 11.0. The predicted octanol–water partition coefficient (Wildman–Crippen LogP) is 2.88. The number of benzene rings is 2. The molecule has 1 saturated heterocycles. The molecule has 3 rings (SSSR count). The van der Waals surface area contributed by atoms with E-state index < -0.39 is 5.82 Å². The molecule has 0 saturated carbocycles. The average Bonchev–Trinajstić information content (AvgIpc) is 2.73. The van der Waals surface area contributed by atoms with Crippen molar-refractivity contribution in [3.05, 3.63) is 59.4 Å². The van der Waals surface area contributed by atoms with Gasteiger partial charge in [0.2, 0.25) is 0 Å². The minimum atomic E-state index is -0.522. The molecular formula is C21H23FN2O4. The Hall–Kier alpha value is -3.09. The van der Waals surface area contributed by atoms with Crippen LogP contribution in [0, 0.1) is 5.82 Å². The van der Waals surface area contributed by atoms with E-state index in [0.29, 0.717) is 43.0 Å². The first-order valence-corrected chi connectivity index (χ1v) is 9.10. The number of amides is 2. The van der Waals surface area contributed by atoms with Crippen molar-refractivity contribution in [1.29, 1.82) is 0 Å². The van der Waals surface area contributed by atoms with E-state index >= 15 is 0 Å². The van der Waals surface area contributed by atoms with Crippen LogP contribution in [-0.2, 0) is 0 Å². The predicted molar refractivity (Wildman–Crippen MR) is 102 cm³/mol. The number of carbonyl (C=O) groups excluding carboxylic acids is 2. The lowest BCUT2D eigenvalue weighted by Gasteiger charge is -2.32. The Balaban J connectivity index is 1.63. The van der Waals surface area contributed by atoms with Crippen LogP contribution in [0.4, 0.5) is 4.39 Å². The first-order valence-electron chi connectivity index (χ1n) is 9.10. The zero-order valence-corrected chi connectivity index (χ0v) is 15.9. The van der Waals surface area contributed by atoms with Gasteiger partial charge in [0.15, 0.2) is 0 Å². The van der Waals surface area contributed by atoms with E-state index in [0.717, 1.165) is 0 Å². The number of likely N-dealkylation sites (tertiary alicyclic amines) is 1. The van der Waals surface area contributed by atoms with Gasteiger partial charge in [0.05, 0.1) is 19.8 Å². The molecule has 0 aromatic heterocycles. The third kappa shape index (κ3) is 4.08. The number of hydrogen-bond acceptors (Lipinski definition) is 4. The molecule has 1 N–H and O–H groups in total. The molecule has 6 nitrogen and oxygen atoms in total.